The minimum absolute atomic E-state index is 0.238. The molecule has 5 rings (SSSR count). The van der Waals surface area contributed by atoms with Gasteiger partial charge in [-0.2, -0.15) is 5.26 Å². The number of aliphatic hydroxyl groups is 1. The third kappa shape index (κ3) is 4.02. The second kappa shape index (κ2) is 8.58. The Labute approximate surface area is 195 Å². The molecule has 5 aromatic rings. The van der Waals surface area contributed by atoms with E-state index in [4.69, 9.17) is 4.74 Å². The van der Waals surface area contributed by atoms with Crippen molar-refractivity contribution >= 4 is 43.8 Å². The van der Waals surface area contributed by atoms with Gasteiger partial charge in [-0.05, 0) is 61.4 Å². The van der Waals surface area contributed by atoms with Crippen LogP contribution in [0.25, 0.3) is 31.6 Å². The van der Waals surface area contributed by atoms with Gasteiger partial charge in [0.05, 0.1) is 17.4 Å². The maximum absolute atomic E-state index is 9.76. The number of aromatic nitrogens is 2. The van der Waals surface area contributed by atoms with E-state index in [2.05, 4.69) is 40.4 Å². The number of hydrogen-bond donors (Lipinski definition) is 3. The first-order chi connectivity index (χ1) is 16.0. The molecule has 3 aromatic heterocycles. The second-order valence-electron chi connectivity index (χ2n) is 7.98. The van der Waals surface area contributed by atoms with Crippen molar-refractivity contribution in [3.8, 4) is 22.3 Å². The number of pyridine rings is 1. The Morgan fingerprint density at radius 3 is 2.91 bits per heavy atom. The first-order valence-corrected chi connectivity index (χ1v) is 11.4. The SMILES string of the molecule is Cc1c(Nc2c(C#N)cnc3sc(-c4cccc(OC[C@@H](C)O)c4)cc23)ccc2[nH]ccc12. The van der Waals surface area contributed by atoms with Crippen LogP contribution in [0.5, 0.6) is 5.75 Å². The van der Waals surface area contributed by atoms with E-state index < -0.39 is 6.10 Å². The lowest BCUT2D eigenvalue weighted by Crippen LogP contribution is -2.12. The number of ether oxygens (including phenoxy) is 1. The molecule has 0 aliphatic rings. The zero-order chi connectivity index (χ0) is 22.9. The Morgan fingerprint density at radius 1 is 1.21 bits per heavy atom. The molecular formula is C26H22N4O2S. The smallest absolute Gasteiger partial charge is 0.126 e. The summed E-state index contributed by atoms with van der Waals surface area (Å²) in [5.41, 5.74) is 5.39. The van der Waals surface area contributed by atoms with Crippen molar-refractivity contribution in [2.75, 3.05) is 11.9 Å². The van der Waals surface area contributed by atoms with Crippen molar-refractivity contribution in [1.82, 2.24) is 9.97 Å². The average molecular weight is 455 g/mol. The Bertz CT molecular complexity index is 1510. The molecule has 0 aliphatic carbocycles. The molecule has 1 atom stereocenters. The molecule has 0 radical (unpaired) electrons. The van der Waals surface area contributed by atoms with Crippen LogP contribution in [0.3, 0.4) is 0 Å². The van der Waals surface area contributed by atoms with E-state index in [1.165, 1.54) is 0 Å². The molecule has 0 amide bonds. The van der Waals surface area contributed by atoms with E-state index in [9.17, 15) is 10.4 Å². The van der Waals surface area contributed by atoms with Gasteiger partial charge in [-0.1, -0.05) is 12.1 Å². The summed E-state index contributed by atoms with van der Waals surface area (Å²) in [4.78, 5) is 9.64. The summed E-state index contributed by atoms with van der Waals surface area (Å²) in [5, 5.41) is 24.8. The summed E-state index contributed by atoms with van der Waals surface area (Å²) >= 11 is 1.57. The molecule has 0 aliphatic heterocycles. The lowest BCUT2D eigenvalue weighted by atomic mass is 10.1. The largest absolute Gasteiger partial charge is 0.491 e. The molecule has 6 nitrogen and oxygen atoms in total. The highest BCUT2D eigenvalue weighted by Gasteiger charge is 2.15. The molecule has 0 unspecified atom stereocenters. The van der Waals surface area contributed by atoms with Crippen LogP contribution >= 0.6 is 11.3 Å². The highest BCUT2D eigenvalue weighted by atomic mass is 32.1. The average Bonchev–Trinajstić information content (AvgIpc) is 3.47. The summed E-state index contributed by atoms with van der Waals surface area (Å²) < 4.78 is 5.67. The molecule has 0 saturated carbocycles. The number of aliphatic hydroxyl groups excluding tert-OH is 1. The van der Waals surface area contributed by atoms with Gasteiger partial charge in [0.15, 0.2) is 0 Å². The summed E-state index contributed by atoms with van der Waals surface area (Å²) in [5.74, 6) is 0.699. The summed E-state index contributed by atoms with van der Waals surface area (Å²) in [7, 11) is 0. The van der Waals surface area contributed by atoms with Gasteiger partial charge in [-0.15, -0.1) is 11.3 Å². The van der Waals surface area contributed by atoms with Crippen molar-refractivity contribution in [2.45, 2.75) is 20.0 Å². The highest BCUT2D eigenvalue weighted by molar-refractivity contribution is 7.22. The third-order valence-electron chi connectivity index (χ3n) is 5.56. The van der Waals surface area contributed by atoms with E-state index in [-0.39, 0.29) is 6.61 Å². The van der Waals surface area contributed by atoms with Crippen LogP contribution in [-0.2, 0) is 0 Å². The number of nitriles is 1. The molecule has 2 aromatic carbocycles. The molecular weight excluding hydrogens is 432 g/mol. The van der Waals surface area contributed by atoms with Crippen molar-refractivity contribution < 1.29 is 9.84 Å². The second-order valence-corrected chi connectivity index (χ2v) is 9.01. The van der Waals surface area contributed by atoms with Gasteiger partial charge in [-0.3, -0.25) is 0 Å². The van der Waals surface area contributed by atoms with Crippen LogP contribution in [0.15, 0.2) is 60.9 Å². The first-order valence-electron chi connectivity index (χ1n) is 10.6. The number of H-pyrrole nitrogens is 1. The Balaban J connectivity index is 1.56. The van der Waals surface area contributed by atoms with E-state index in [0.29, 0.717) is 11.3 Å². The van der Waals surface area contributed by atoms with Gasteiger partial charge >= 0.3 is 0 Å². The van der Waals surface area contributed by atoms with Crippen molar-refractivity contribution in [1.29, 1.82) is 5.26 Å². The van der Waals surface area contributed by atoms with Gasteiger partial charge in [0.25, 0.3) is 0 Å². The standard InChI is InChI=1S/C26H22N4O2S/c1-15(31)14-32-19-5-3-4-17(10-19)24-11-21-25(18(12-27)13-29-26(21)33-24)30-22-6-7-23-20(16(22)2)8-9-28-23/h3-11,13,15,28,31H,14H2,1-2H3,(H,29,30)/t15-/m1/s1. The van der Waals surface area contributed by atoms with Crippen LogP contribution in [0.2, 0.25) is 0 Å². The molecule has 0 fully saturated rings. The number of benzene rings is 2. The molecule has 0 bridgehead atoms. The lowest BCUT2D eigenvalue weighted by Gasteiger charge is -2.12. The summed E-state index contributed by atoms with van der Waals surface area (Å²) in [6.45, 7) is 4.00. The van der Waals surface area contributed by atoms with Crippen LogP contribution in [0.1, 0.15) is 18.1 Å². The first kappa shape index (κ1) is 21.0. The van der Waals surface area contributed by atoms with Crippen molar-refractivity contribution in [2.24, 2.45) is 0 Å². The van der Waals surface area contributed by atoms with E-state index in [0.717, 1.165) is 48.5 Å². The number of anilines is 2. The Hall–Kier alpha value is -3.86. The number of thiophene rings is 1. The fraction of sp³-hybridized carbons (Fsp3) is 0.154. The van der Waals surface area contributed by atoms with Crippen molar-refractivity contribution in [3.05, 3.63) is 72.1 Å². The third-order valence-corrected chi connectivity index (χ3v) is 6.65. The van der Waals surface area contributed by atoms with Gasteiger partial charge in [0.2, 0.25) is 0 Å². The van der Waals surface area contributed by atoms with Crippen LogP contribution < -0.4 is 10.1 Å². The van der Waals surface area contributed by atoms with E-state index >= 15 is 0 Å². The zero-order valence-corrected chi connectivity index (χ0v) is 19.0. The topological polar surface area (TPSA) is 94.0 Å². The summed E-state index contributed by atoms with van der Waals surface area (Å²) in [6, 6.07) is 18.2. The Morgan fingerprint density at radius 2 is 2.09 bits per heavy atom. The zero-order valence-electron chi connectivity index (χ0n) is 18.2. The summed E-state index contributed by atoms with van der Waals surface area (Å²) in [6.07, 6.45) is 3.02. The van der Waals surface area contributed by atoms with Gasteiger partial charge in [0.1, 0.15) is 23.3 Å². The number of hydrogen-bond acceptors (Lipinski definition) is 6. The van der Waals surface area contributed by atoms with Crippen molar-refractivity contribution in [3.63, 3.8) is 0 Å². The molecule has 33 heavy (non-hydrogen) atoms. The molecule has 0 saturated heterocycles. The Kier molecular flexibility index (Phi) is 5.47. The predicted molar refractivity (Wildman–Crippen MR) is 133 cm³/mol. The van der Waals surface area contributed by atoms with Gasteiger partial charge in [0, 0.05) is 39.2 Å². The lowest BCUT2D eigenvalue weighted by molar-refractivity contribution is 0.123. The monoisotopic (exact) mass is 454 g/mol. The maximum atomic E-state index is 9.76. The van der Waals surface area contributed by atoms with Gasteiger partial charge < -0.3 is 20.1 Å². The predicted octanol–water partition coefficient (Wildman–Crippen LogP) is 6.13. The van der Waals surface area contributed by atoms with Crippen LogP contribution in [-0.4, -0.2) is 27.8 Å². The minimum Gasteiger partial charge on any atom is -0.491 e. The number of aryl methyl sites for hydroxylation is 1. The fourth-order valence-corrected chi connectivity index (χ4v) is 4.87. The van der Waals surface area contributed by atoms with Crippen LogP contribution in [0, 0.1) is 18.3 Å². The highest BCUT2D eigenvalue weighted by Crippen LogP contribution is 2.40. The normalized spacial score (nSPS) is 12.1. The van der Waals surface area contributed by atoms with E-state index in [1.807, 2.05) is 42.6 Å². The van der Waals surface area contributed by atoms with Crippen LogP contribution in [0.4, 0.5) is 11.4 Å². The number of rotatable bonds is 6. The number of aromatic amines is 1. The molecule has 3 heterocycles. The van der Waals surface area contributed by atoms with Gasteiger partial charge in [-0.25, -0.2) is 4.98 Å². The molecule has 164 valence electrons. The fourth-order valence-electron chi connectivity index (χ4n) is 3.86. The molecule has 0 spiro atoms. The number of nitrogens with zero attached hydrogens (tertiary/aromatic N) is 2. The number of nitrogens with one attached hydrogen (secondary N) is 2. The minimum atomic E-state index is -0.533. The van der Waals surface area contributed by atoms with E-state index in [1.54, 1.807) is 24.5 Å². The maximum Gasteiger partial charge on any atom is 0.126 e. The quantitative estimate of drug-likeness (QED) is 0.287. The number of fused-ring (bicyclic) bond motifs is 2. The molecule has 3 N–H and O–H groups in total. The molecule has 7 heteroatoms.